The Labute approximate surface area is 83.2 Å². The van der Waals surface area contributed by atoms with Gasteiger partial charge in [-0.15, -0.1) is 11.3 Å². The molecule has 0 radical (unpaired) electrons. The van der Waals surface area contributed by atoms with Gasteiger partial charge >= 0.3 is 0 Å². The highest BCUT2D eigenvalue weighted by molar-refractivity contribution is 7.09. The summed E-state index contributed by atoms with van der Waals surface area (Å²) >= 11 is 1.75. The van der Waals surface area contributed by atoms with Gasteiger partial charge in [0.05, 0.1) is 0 Å². The fourth-order valence-electron chi connectivity index (χ4n) is 1.13. The topological polar surface area (TPSA) is 20.3 Å². The first-order chi connectivity index (χ1) is 6.24. The minimum Gasteiger partial charge on any atom is -0.345 e. The van der Waals surface area contributed by atoms with E-state index in [0.29, 0.717) is 6.42 Å². The lowest BCUT2D eigenvalue weighted by atomic mass is 10.3. The Kier molecular flexibility index (Phi) is 3.96. The van der Waals surface area contributed by atoms with E-state index in [0.717, 1.165) is 13.0 Å². The second-order valence-corrected chi connectivity index (χ2v) is 4.03. The molecule has 13 heavy (non-hydrogen) atoms. The molecular weight excluding hydrogens is 182 g/mol. The lowest BCUT2D eigenvalue weighted by molar-refractivity contribution is -0.129. The molecule has 0 fully saturated rings. The van der Waals surface area contributed by atoms with E-state index < -0.39 is 0 Å². The first-order valence-electron chi connectivity index (χ1n) is 4.50. The fourth-order valence-corrected chi connectivity index (χ4v) is 1.83. The van der Waals surface area contributed by atoms with Crippen LogP contribution in [0.3, 0.4) is 0 Å². The molecule has 0 N–H and O–H groups in total. The summed E-state index contributed by atoms with van der Waals surface area (Å²) in [4.78, 5) is 14.3. The number of amides is 1. The molecule has 0 atom stereocenters. The van der Waals surface area contributed by atoms with Gasteiger partial charge < -0.3 is 4.90 Å². The van der Waals surface area contributed by atoms with E-state index >= 15 is 0 Å². The third-order valence-corrected chi connectivity index (χ3v) is 2.94. The van der Waals surface area contributed by atoms with Crippen molar-refractivity contribution >= 4 is 17.2 Å². The largest absolute Gasteiger partial charge is 0.345 e. The molecule has 0 aromatic carbocycles. The number of carbonyl (C=O) groups excluding carboxylic acids is 1. The molecular formula is C10H15NOS. The van der Waals surface area contributed by atoms with Crippen LogP contribution in [0.1, 0.15) is 18.2 Å². The molecule has 0 saturated carbocycles. The Morgan fingerprint density at radius 2 is 2.38 bits per heavy atom. The molecule has 0 unspecified atom stereocenters. The number of hydrogen-bond donors (Lipinski definition) is 0. The summed E-state index contributed by atoms with van der Waals surface area (Å²) in [5.41, 5.74) is 0. The molecule has 0 aliphatic carbocycles. The number of thiophene rings is 1. The molecule has 0 saturated heterocycles. The standard InChI is InChI=1S/C10H15NOS/c1-3-10(12)11(2)7-6-9-5-4-8-13-9/h4-5,8H,3,6-7H2,1-2H3. The zero-order valence-corrected chi connectivity index (χ0v) is 8.93. The summed E-state index contributed by atoms with van der Waals surface area (Å²) in [6, 6.07) is 4.15. The molecule has 1 amide bonds. The van der Waals surface area contributed by atoms with Gasteiger partial charge in [-0.05, 0) is 17.9 Å². The van der Waals surface area contributed by atoms with Gasteiger partial charge in [-0.1, -0.05) is 13.0 Å². The second kappa shape index (κ2) is 5.02. The number of likely N-dealkylation sites (N-methyl/N-ethyl adjacent to an activating group) is 1. The molecule has 0 aliphatic heterocycles. The van der Waals surface area contributed by atoms with Crippen molar-refractivity contribution in [2.24, 2.45) is 0 Å². The van der Waals surface area contributed by atoms with Crippen molar-refractivity contribution in [2.75, 3.05) is 13.6 Å². The van der Waals surface area contributed by atoms with Gasteiger partial charge in [0, 0.05) is 24.9 Å². The molecule has 1 aromatic heterocycles. The zero-order valence-electron chi connectivity index (χ0n) is 8.12. The van der Waals surface area contributed by atoms with E-state index in [1.54, 1.807) is 16.2 Å². The molecule has 3 heteroatoms. The van der Waals surface area contributed by atoms with Crippen molar-refractivity contribution < 1.29 is 4.79 Å². The van der Waals surface area contributed by atoms with Crippen molar-refractivity contribution in [1.82, 2.24) is 4.90 Å². The van der Waals surface area contributed by atoms with E-state index in [4.69, 9.17) is 0 Å². The maximum absolute atomic E-state index is 11.2. The van der Waals surface area contributed by atoms with Crippen molar-refractivity contribution in [1.29, 1.82) is 0 Å². The Hall–Kier alpha value is -0.830. The summed E-state index contributed by atoms with van der Waals surface area (Å²) in [6.07, 6.45) is 1.57. The Morgan fingerprint density at radius 1 is 1.62 bits per heavy atom. The predicted octanol–water partition coefficient (Wildman–Crippen LogP) is 2.16. The van der Waals surface area contributed by atoms with Crippen LogP contribution in [0.25, 0.3) is 0 Å². The second-order valence-electron chi connectivity index (χ2n) is 3.00. The lowest BCUT2D eigenvalue weighted by Crippen LogP contribution is -2.27. The highest BCUT2D eigenvalue weighted by Gasteiger charge is 2.05. The SMILES string of the molecule is CCC(=O)N(C)CCc1cccs1. The number of hydrogen-bond acceptors (Lipinski definition) is 2. The van der Waals surface area contributed by atoms with Gasteiger partial charge in [0.25, 0.3) is 0 Å². The molecule has 72 valence electrons. The van der Waals surface area contributed by atoms with Gasteiger partial charge in [0.1, 0.15) is 0 Å². The normalized spacial score (nSPS) is 10.0. The van der Waals surface area contributed by atoms with Crippen LogP contribution in [0, 0.1) is 0 Å². The third kappa shape index (κ3) is 3.19. The van der Waals surface area contributed by atoms with Crippen LogP contribution in [0.2, 0.25) is 0 Å². The van der Waals surface area contributed by atoms with E-state index in [9.17, 15) is 4.79 Å². The third-order valence-electron chi connectivity index (χ3n) is 2.00. The molecule has 0 spiro atoms. The predicted molar refractivity (Wildman–Crippen MR) is 56.0 cm³/mol. The highest BCUT2D eigenvalue weighted by Crippen LogP contribution is 2.09. The molecule has 0 bridgehead atoms. The maximum atomic E-state index is 11.2. The molecule has 1 aromatic rings. The molecule has 1 rings (SSSR count). The van der Waals surface area contributed by atoms with Gasteiger partial charge in [0.15, 0.2) is 0 Å². The lowest BCUT2D eigenvalue weighted by Gasteiger charge is -2.15. The van der Waals surface area contributed by atoms with E-state index in [-0.39, 0.29) is 5.91 Å². The first-order valence-corrected chi connectivity index (χ1v) is 5.38. The monoisotopic (exact) mass is 197 g/mol. The molecule has 2 nitrogen and oxygen atoms in total. The van der Waals surface area contributed by atoms with E-state index in [2.05, 4.69) is 11.4 Å². The van der Waals surface area contributed by atoms with E-state index in [1.807, 2.05) is 20.0 Å². The minimum absolute atomic E-state index is 0.219. The van der Waals surface area contributed by atoms with Crippen LogP contribution in [-0.4, -0.2) is 24.4 Å². The Balaban J connectivity index is 2.30. The summed E-state index contributed by atoms with van der Waals surface area (Å²) in [6.45, 7) is 2.72. The van der Waals surface area contributed by atoms with E-state index in [1.165, 1.54) is 4.88 Å². The number of nitrogens with zero attached hydrogens (tertiary/aromatic N) is 1. The smallest absolute Gasteiger partial charge is 0.222 e. The van der Waals surface area contributed by atoms with Crippen molar-refractivity contribution in [3.8, 4) is 0 Å². The number of carbonyl (C=O) groups is 1. The van der Waals surface area contributed by atoms with Crippen LogP contribution in [0.5, 0.6) is 0 Å². The summed E-state index contributed by atoms with van der Waals surface area (Å²) in [7, 11) is 1.86. The van der Waals surface area contributed by atoms with Crippen LogP contribution in [-0.2, 0) is 11.2 Å². The van der Waals surface area contributed by atoms with Crippen LogP contribution >= 0.6 is 11.3 Å². The van der Waals surface area contributed by atoms with Crippen LogP contribution < -0.4 is 0 Å². The summed E-state index contributed by atoms with van der Waals surface area (Å²) in [5, 5.41) is 2.07. The van der Waals surface area contributed by atoms with Crippen molar-refractivity contribution in [3.63, 3.8) is 0 Å². The summed E-state index contributed by atoms with van der Waals surface area (Å²) in [5.74, 6) is 0.219. The number of rotatable bonds is 4. The quantitative estimate of drug-likeness (QED) is 0.724. The first kappa shape index (κ1) is 10.3. The average Bonchev–Trinajstić information content (AvgIpc) is 2.65. The maximum Gasteiger partial charge on any atom is 0.222 e. The van der Waals surface area contributed by atoms with Gasteiger partial charge in [0.2, 0.25) is 5.91 Å². The van der Waals surface area contributed by atoms with Gasteiger partial charge in [-0.2, -0.15) is 0 Å². The summed E-state index contributed by atoms with van der Waals surface area (Å²) < 4.78 is 0. The Morgan fingerprint density at radius 3 is 2.92 bits per heavy atom. The van der Waals surface area contributed by atoms with Crippen molar-refractivity contribution in [2.45, 2.75) is 19.8 Å². The van der Waals surface area contributed by atoms with Crippen molar-refractivity contribution in [3.05, 3.63) is 22.4 Å². The minimum atomic E-state index is 0.219. The van der Waals surface area contributed by atoms with Gasteiger partial charge in [-0.3, -0.25) is 4.79 Å². The van der Waals surface area contributed by atoms with Crippen LogP contribution in [0.15, 0.2) is 17.5 Å². The van der Waals surface area contributed by atoms with Gasteiger partial charge in [-0.25, -0.2) is 0 Å². The van der Waals surface area contributed by atoms with Crippen LogP contribution in [0.4, 0.5) is 0 Å². The zero-order chi connectivity index (χ0) is 9.68. The molecule has 1 heterocycles. The highest BCUT2D eigenvalue weighted by atomic mass is 32.1. The Bertz CT molecular complexity index is 256. The molecule has 0 aliphatic rings. The fraction of sp³-hybridized carbons (Fsp3) is 0.500. The average molecular weight is 197 g/mol.